The zero-order valence-corrected chi connectivity index (χ0v) is 12.6. The molecule has 0 spiro atoms. The van der Waals surface area contributed by atoms with Crippen LogP contribution >= 0.6 is 0 Å². The Morgan fingerprint density at radius 3 is 2.09 bits per heavy atom. The summed E-state index contributed by atoms with van der Waals surface area (Å²) in [6.45, 7) is 5.57. The molecule has 1 heterocycles. The zero-order chi connectivity index (χ0) is 17.1. The predicted molar refractivity (Wildman–Crippen MR) is 72.2 cm³/mol. The molecule has 9 heteroatoms. The number of carbonyl (C=O) groups excluding carboxylic acids is 3. The molecule has 0 saturated carbocycles. The van der Waals surface area contributed by atoms with Gasteiger partial charge in [-0.2, -0.15) is 0 Å². The van der Waals surface area contributed by atoms with Gasteiger partial charge in [0.05, 0.1) is 0 Å². The van der Waals surface area contributed by atoms with Gasteiger partial charge >= 0.3 is 17.9 Å². The molecule has 0 aromatic rings. The Balaban J connectivity index is 2.67. The Kier molecular flexibility index (Phi) is 5.13. The molecule has 1 saturated heterocycles. The van der Waals surface area contributed by atoms with E-state index in [9.17, 15) is 19.2 Å². The number of cyclic esters (lactones) is 2. The van der Waals surface area contributed by atoms with Crippen LogP contribution in [0, 0.1) is 0 Å². The van der Waals surface area contributed by atoms with Gasteiger partial charge in [-0.05, 0) is 13.8 Å². The topological polar surface area (TPSA) is 131 Å². The van der Waals surface area contributed by atoms with Gasteiger partial charge in [0, 0.05) is 20.0 Å². The summed E-state index contributed by atoms with van der Waals surface area (Å²) in [5.41, 5.74) is -0.384. The summed E-state index contributed by atoms with van der Waals surface area (Å²) >= 11 is 0. The lowest BCUT2D eigenvalue weighted by Gasteiger charge is -2.29. The minimum atomic E-state index is -1.34. The fraction of sp³-hybridized carbons (Fsp3) is 0.538. The summed E-state index contributed by atoms with van der Waals surface area (Å²) in [5.74, 6) is -4.88. The molecule has 1 amide bonds. The number of esters is 2. The van der Waals surface area contributed by atoms with Gasteiger partial charge in [0.1, 0.15) is 12.1 Å². The molecule has 1 aliphatic rings. The van der Waals surface area contributed by atoms with Gasteiger partial charge in [0.2, 0.25) is 5.91 Å². The number of carboxylic acids is 1. The van der Waals surface area contributed by atoms with Crippen molar-refractivity contribution in [3.8, 4) is 0 Å². The molecule has 0 aromatic carbocycles. The first-order chi connectivity index (χ1) is 10.0. The van der Waals surface area contributed by atoms with Gasteiger partial charge in [-0.3, -0.25) is 9.59 Å². The van der Waals surface area contributed by atoms with E-state index in [1.54, 1.807) is 0 Å². The van der Waals surface area contributed by atoms with Crippen molar-refractivity contribution in [3.63, 3.8) is 0 Å². The van der Waals surface area contributed by atoms with Gasteiger partial charge in [0.15, 0.2) is 5.57 Å². The summed E-state index contributed by atoms with van der Waals surface area (Å²) in [4.78, 5) is 45.7. The number of carbonyl (C=O) groups is 4. The van der Waals surface area contributed by atoms with Crippen LogP contribution in [0.3, 0.4) is 0 Å². The van der Waals surface area contributed by atoms with Crippen LogP contribution in [0.5, 0.6) is 0 Å². The third kappa shape index (κ3) is 4.47. The normalized spacial score (nSPS) is 19.4. The van der Waals surface area contributed by atoms with Crippen LogP contribution in [-0.2, 0) is 28.7 Å². The van der Waals surface area contributed by atoms with Crippen LogP contribution in [0.1, 0.15) is 27.7 Å². The molecule has 9 nitrogen and oxygen atoms in total. The monoisotopic (exact) mass is 314 g/mol. The van der Waals surface area contributed by atoms with E-state index in [4.69, 9.17) is 14.6 Å². The predicted octanol–water partition coefficient (Wildman–Crippen LogP) is -0.726. The van der Waals surface area contributed by atoms with Crippen LogP contribution in [0.4, 0.5) is 0 Å². The van der Waals surface area contributed by atoms with E-state index in [1.165, 1.54) is 27.7 Å². The third-order valence-corrected chi connectivity index (χ3v) is 2.72. The Bertz CT molecular complexity index is 517. The van der Waals surface area contributed by atoms with E-state index >= 15 is 0 Å². The number of hydrogen-bond acceptors (Lipinski definition) is 7. The maximum Gasteiger partial charge on any atom is 0.350 e. The fourth-order valence-electron chi connectivity index (χ4n) is 1.46. The maximum absolute atomic E-state index is 11.7. The molecule has 22 heavy (non-hydrogen) atoms. The van der Waals surface area contributed by atoms with Crippen molar-refractivity contribution in [2.45, 2.75) is 45.6 Å². The maximum atomic E-state index is 11.7. The number of ether oxygens (including phenoxy) is 2. The van der Waals surface area contributed by atoms with Crippen LogP contribution in [0.2, 0.25) is 0 Å². The summed E-state index contributed by atoms with van der Waals surface area (Å²) in [6, 6.07) is -1.93. The number of hydrogen-bond donors (Lipinski definition) is 3. The second kappa shape index (κ2) is 6.46. The Morgan fingerprint density at radius 2 is 1.64 bits per heavy atom. The van der Waals surface area contributed by atoms with Crippen molar-refractivity contribution < 1.29 is 33.8 Å². The third-order valence-electron chi connectivity index (χ3n) is 2.72. The molecule has 1 aliphatic heterocycles. The fourth-order valence-corrected chi connectivity index (χ4v) is 1.46. The van der Waals surface area contributed by atoms with E-state index in [-0.39, 0.29) is 5.57 Å². The highest BCUT2D eigenvalue weighted by Gasteiger charge is 2.39. The van der Waals surface area contributed by atoms with Crippen molar-refractivity contribution in [2.75, 3.05) is 0 Å². The highest BCUT2D eigenvalue weighted by molar-refractivity contribution is 6.15. The Hall–Kier alpha value is -2.58. The second-order valence-corrected chi connectivity index (χ2v) is 5.19. The van der Waals surface area contributed by atoms with E-state index in [0.717, 1.165) is 6.20 Å². The van der Waals surface area contributed by atoms with Gasteiger partial charge in [-0.1, -0.05) is 0 Å². The molecular weight excluding hydrogens is 296 g/mol. The van der Waals surface area contributed by atoms with E-state index in [0.29, 0.717) is 0 Å². The molecule has 1 rings (SSSR count). The number of carboxylic acid groups (broad SMARTS) is 1. The van der Waals surface area contributed by atoms with E-state index in [2.05, 4.69) is 10.6 Å². The van der Waals surface area contributed by atoms with E-state index < -0.39 is 41.7 Å². The first-order valence-corrected chi connectivity index (χ1v) is 6.49. The molecular formula is C13H18N2O7. The molecule has 122 valence electrons. The average Bonchev–Trinajstić information content (AvgIpc) is 2.35. The van der Waals surface area contributed by atoms with Crippen LogP contribution < -0.4 is 10.6 Å². The highest BCUT2D eigenvalue weighted by atomic mass is 16.7. The SMILES string of the molecule is CC(NC(=O)C(C)NC=C1C(=O)OC(C)(C)OC1=O)C(=O)O. The van der Waals surface area contributed by atoms with Gasteiger partial charge in [0.25, 0.3) is 5.79 Å². The lowest BCUT2D eigenvalue weighted by molar-refractivity contribution is -0.222. The quantitative estimate of drug-likeness (QED) is 0.344. The Morgan fingerprint density at radius 1 is 1.14 bits per heavy atom. The van der Waals surface area contributed by atoms with Crippen LogP contribution in [0.25, 0.3) is 0 Å². The van der Waals surface area contributed by atoms with Crippen molar-refractivity contribution in [1.82, 2.24) is 10.6 Å². The van der Waals surface area contributed by atoms with Crippen LogP contribution in [-0.4, -0.2) is 46.8 Å². The van der Waals surface area contributed by atoms with Crippen molar-refractivity contribution in [1.29, 1.82) is 0 Å². The summed E-state index contributed by atoms with van der Waals surface area (Å²) in [7, 11) is 0. The van der Waals surface area contributed by atoms with Gasteiger partial charge in [-0.15, -0.1) is 0 Å². The van der Waals surface area contributed by atoms with Gasteiger partial charge in [-0.25, -0.2) is 9.59 Å². The highest BCUT2D eigenvalue weighted by Crippen LogP contribution is 2.21. The van der Waals surface area contributed by atoms with Crippen molar-refractivity contribution in [2.24, 2.45) is 0 Å². The Labute approximate surface area is 126 Å². The number of aliphatic carboxylic acids is 1. The van der Waals surface area contributed by atoms with E-state index in [1.807, 2.05) is 0 Å². The average molecular weight is 314 g/mol. The smallest absolute Gasteiger partial charge is 0.350 e. The number of nitrogens with one attached hydrogen (secondary N) is 2. The lowest BCUT2D eigenvalue weighted by atomic mass is 10.2. The largest absolute Gasteiger partial charge is 0.480 e. The van der Waals surface area contributed by atoms with Crippen molar-refractivity contribution in [3.05, 3.63) is 11.8 Å². The molecule has 0 bridgehead atoms. The first-order valence-electron chi connectivity index (χ1n) is 6.49. The molecule has 0 aliphatic carbocycles. The minimum Gasteiger partial charge on any atom is -0.480 e. The molecule has 0 aromatic heterocycles. The van der Waals surface area contributed by atoms with Crippen molar-refractivity contribution >= 4 is 23.8 Å². The van der Waals surface area contributed by atoms with Crippen LogP contribution in [0.15, 0.2) is 11.8 Å². The zero-order valence-electron chi connectivity index (χ0n) is 12.6. The van der Waals surface area contributed by atoms with Gasteiger partial charge < -0.3 is 25.2 Å². The molecule has 2 atom stereocenters. The molecule has 1 fully saturated rings. The molecule has 3 N–H and O–H groups in total. The first kappa shape index (κ1) is 17.5. The number of amides is 1. The minimum absolute atomic E-state index is 0.384. The number of rotatable bonds is 5. The molecule has 0 radical (unpaired) electrons. The standard InChI is InChI=1S/C13H18N2O7/c1-6(9(16)15-7(2)10(17)18)14-5-8-11(19)21-13(3,4)22-12(8)20/h5-7,14H,1-4H3,(H,15,16)(H,17,18). The summed E-state index contributed by atoms with van der Waals surface area (Å²) in [5, 5.41) is 13.5. The molecule has 2 unspecified atom stereocenters. The lowest BCUT2D eigenvalue weighted by Crippen LogP contribution is -2.47. The summed E-state index contributed by atoms with van der Waals surface area (Å²) in [6.07, 6.45) is 1.01. The summed E-state index contributed by atoms with van der Waals surface area (Å²) < 4.78 is 9.75. The second-order valence-electron chi connectivity index (χ2n) is 5.19.